The van der Waals surface area contributed by atoms with Crippen molar-refractivity contribution in [1.82, 2.24) is 0 Å². The Kier molecular flexibility index (Phi) is 3.48. The summed E-state index contributed by atoms with van der Waals surface area (Å²) in [5.41, 5.74) is 18.1. The van der Waals surface area contributed by atoms with Crippen LogP contribution in [-0.4, -0.2) is 12.0 Å². The number of aliphatic imine (C=N–C) groups is 1. The maximum Gasteiger partial charge on any atom is 0.191 e. The Morgan fingerprint density at radius 2 is 1.86 bits per heavy atom. The lowest BCUT2D eigenvalue weighted by molar-refractivity contribution is 0.738. The van der Waals surface area contributed by atoms with E-state index in [0.29, 0.717) is 0 Å². The van der Waals surface area contributed by atoms with Crippen molar-refractivity contribution in [3.05, 3.63) is 29.8 Å². The largest absolute Gasteiger partial charge is 0.370 e. The molecule has 0 heterocycles. The highest BCUT2D eigenvalue weighted by atomic mass is 15.0. The molecule has 1 atom stereocenters. The quantitative estimate of drug-likeness (QED) is 0.480. The van der Waals surface area contributed by atoms with Gasteiger partial charge in [-0.3, -0.25) is 0 Å². The molecule has 0 bridgehead atoms. The Balaban J connectivity index is 2.74. The standard InChI is InChI=1S/C10H16N4/c1-7(11)6-8-2-4-9(5-3-8)14-10(12)13/h2-5,7H,6,11H2,1H3,(H4,12,13,14). The van der Waals surface area contributed by atoms with E-state index in [-0.39, 0.29) is 12.0 Å². The highest BCUT2D eigenvalue weighted by molar-refractivity contribution is 5.78. The molecule has 4 nitrogen and oxygen atoms in total. The second-order valence-corrected chi connectivity index (χ2v) is 3.38. The zero-order valence-electron chi connectivity index (χ0n) is 8.27. The van der Waals surface area contributed by atoms with Crippen molar-refractivity contribution in [1.29, 1.82) is 0 Å². The zero-order valence-corrected chi connectivity index (χ0v) is 8.27. The van der Waals surface area contributed by atoms with Crippen LogP contribution in [-0.2, 0) is 6.42 Å². The van der Waals surface area contributed by atoms with Crippen LogP contribution in [0, 0.1) is 0 Å². The van der Waals surface area contributed by atoms with Gasteiger partial charge < -0.3 is 17.2 Å². The van der Waals surface area contributed by atoms with Crippen LogP contribution in [0.15, 0.2) is 29.3 Å². The summed E-state index contributed by atoms with van der Waals surface area (Å²) in [6, 6.07) is 7.87. The first-order chi connectivity index (χ1) is 6.58. The molecule has 14 heavy (non-hydrogen) atoms. The summed E-state index contributed by atoms with van der Waals surface area (Å²) in [5.74, 6) is 0.0740. The molecule has 1 rings (SSSR count). The molecule has 0 amide bonds. The molecule has 6 N–H and O–H groups in total. The van der Waals surface area contributed by atoms with Gasteiger partial charge in [0.15, 0.2) is 5.96 Å². The number of guanidine groups is 1. The van der Waals surface area contributed by atoms with Gasteiger partial charge in [0.1, 0.15) is 0 Å². The SMILES string of the molecule is CC(N)Cc1ccc(N=C(N)N)cc1. The molecule has 0 aliphatic heterocycles. The van der Waals surface area contributed by atoms with Gasteiger partial charge in [0.2, 0.25) is 0 Å². The summed E-state index contributed by atoms with van der Waals surface area (Å²) in [5, 5.41) is 0. The summed E-state index contributed by atoms with van der Waals surface area (Å²) < 4.78 is 0. The first-order valence-electron chi connectivity index (χ1n) is 4.52. The molecule has 0 aliphatic carbocycles. The number of benzene rings is 1. The van der Waals surface area contributed by atoms with Crippen molar-refractivity contribution < 1.29 is 0 Å². The summed E-state index contributed by atoms with van der Waals surface area (Å²) in [6.07, 6.45) is 0.863. The predicted octanol–water partition coefficient (Wildman–Crippen LogP) is 0.481. The fourth-order valence-corrected chi connectivity index (χ4v) is 1.23. The summed E-state index contributed by atoms with van der Waals surface area (Å²) >= 11 is 0. The Morgan fingerprint density at radius 1 is 1.29 bits per heavy atom. The molecule has 1 unspecified atom stereocenters. The van der Waals surface area contributed by atoms with Crippen LogP contribution in [0.4, 0.5) is 5.69 Å². The van der Waals surface area contributed by atoms with Gasteiger partial charge in [-0.2, -0.15) is 0 Å². The van der Waals surface area contributed by atoms with E-state index in [1.54, 1.807) is 0 Å². The monoisotopic (exact) mass is 192 g/mol. The summed E-state index contributed by atoms with van der Waals surface area (Å²) in [6.45, 7) is 1.98. The van der Waals surface area contributed by atoms with Crippen LogP contribution >= 0.6 is 0 Å². The van der Waals surface area contributed by atoms with Crippen LogP contribution in [0.1, 0.15) is 12.5 Å². The van der Waals surface area contributed by atoms with Gasteiger partial charge in [0.05, 0.1) is 5.69 Å². The van der Waals surface area contributed by atoms with Crippen LogP contribution in [0.25, 0.3) is 0 Å². The lowest BCUT2D eigenvalue weighted by atomic mass is 10.1. The van der Waals surface area contributed by atoms with Gasteiger partial charge in [0.25, 0.3) is 0 Å². The minimum atomic E-state index is 0.0740. The third kappa shape index (κ3) is 3.45. The van der Waals surface area contributed by atoms with Crippen molar-refractivity contribution in [2.45, 2.75) is 19.4 Å². The van der Waals surface area contributed by atoms with E-state index < -0.39 is 0 Å². The Hall–Kier alpha value is -1.55. The fraction of sp³-hybridized carbons (Fsp3) is 0.300. The first-order valence-corrected chi connectivity index (χ1v) is 4.52. The number of hydrogen-bond acceptors (Lipinski definition) is 2. The van der Waals surface area contributed by atoms with Crippen LogP contribution in [0.5, 0.6) is 0 Å². The predicted molar refractivity (Wildman–Crippen MR) is 59.3 cm³/mol. The molecule has 0 spiro atoms. The smallest absolute Gasteiger partial charge is 0.191 e. The Morgan fingerprint density at radius 3 is 2.29 bits per heavy atom. The summed E-state index contributed by atoms with van der Waals surface area (Å²) in [7, 11) is 0. The fourth-order valence-electron chi connectivity index (χ4n) is 1.23. The topological polar surface area (TPSA) is 90.4 Å². The lowest BCUT2D eigenvalue weighted by Gasteiger charge is -2.04. The van der Waals surface area contributed by atoms with E-state index in [4.69, 9.17) is 17.2 Å². The van der Waals surface area contributed by atoms with Gasteiger partial charge in [-0.15, -0.1) is 0 Å². The molecule has 0 saturated heterocycles. The molecule has 0 aliphatic rings. The van der Waals surface area contributed by atoms with Gasteiger partial charge in [0, 0.05) is 6.04 Å². The lowest BCUT2D eigenvalue weighted by Crippen LogP contribution is -2.21. The number of nitrogens with zero attached hydrogens (tertiary/aromatic N) is 1. The van der Waals surface area contributed by atoms with E-state index in [2.05, 4.69) is 4.99 Å². The molecule has 4 heteroatoms. The molecular formula is C10H16N4. The minimum Gasteiger partial charge on any atom is -0.370 e. The molecule has 0 aromatic heterocycles. The van der Waals surface area contributed by atoms with Crippen molar-refractivity contribution >= 4 is 11.6 Å². The van der Waals surface area contributed by atoms with E-state index in [0.717, 1.165) is 12.1 Å². The Labute approximate surface area is 83.8 Å². The van der Waals surface area contributed by atoms with Crippen molar-refractivity contribution in [3.8, 4) is 0 Å². The van der Waals surface area contributed by atoms with Crippen molar-refractivity contribution in [2.75, 3.05) is 0 Å². The third-order valence-electron chi connectivity index (χ3n) is 1.75. The average Bonchev–Trinajstić information content (AvgIpc) is 2.06. The van der Waals surface area contributed by atoms with Gasteiger partial charge in [-0.05, 0) is 31.0 Å². The number of rotatable bonds is 3. The van der Waals surface area contributed by atoms with Crippen LogP contribution in [0.3, 0.4) is 0 Å². The van der Waals surface area contributed by atoms with Crippen LogP contribution in [0.2, 0.25) is 0 Å². The molecule has 0 saturated carbocycles. The maximum atomic E-state index is 5.68. The van der Waals surface area contributed by atoms with E-state index in [1.807, 2.05) is 31.2 Å². The first kappa shape index (κ1) is 10.5. The van der Waals surface area contributed by atoms with Gasteiger partial charge >= 0.3 is 0 Å². The Bertz CT molecular complexity index is 309. The second kappa shape index (κ2) is 4.62. The van der Waals surface area contributed by atoms with E-state index in [1.165, 1.54) is 5.56 Å². The van der Waals surface area contributed by atoms with Crippen LogP contribution < -0.4 is 17.2 Å². The van der Waals surface area contributed by atoms with Crippen molar-refractivity contribution in [3.63, 3.8) is 0 Å². The van der Waals surface area contributed by atoms with E-state index >= 15 is 0 Å². The second-order valence-electron chi connectivity index (χ2n) is 3.38. The van der Waals surface area contributed by atoms with Gasteiger partial charge in [-0.25, -0.2) is 4.99 Å². The molecule has 1 aromatic carbocycles. The summed E-state index contributed by atoms with van der Waals surface area (Å²) in [4.78, 5) is 3.92. The highest BCUT2D eigenvalue weighted by Crippen LogP contribution is 2.13. The minimum absolute atomic E-state index is 0.0740. The van der Waals surface area contributed by atoms with E-state index in [9.17, 15) is 0 Å². The molecular weight excluding hydrogens is 176 g/mol. The number of nitrogens with two attached hydrogens (primary N) is 3. The van der Waals surface area contributed by atoms with Crippen molar-refractivity contribution in [2.24, 2.45) is 22.2 Å². The molecule has 76 valence electrons. The highest BCUT2D eigenvalue weighted by Gasteiger charge is 1.97. The molecule has 0 radical (unpaired) electrons. The molecule has 0 fully saturated rings. The third-order valence-corrected chi connectivity index (χ3v) is 1.75. The molecule has 1 aromatic rings. The maximum absolute atomic E-state index is 5.68. The van der Waals surface area contributed by atoms with Gasteiger partial charge in [-0.1, -0.05) is 12.1 Å². The average molecular weight is 192 g/mol. The zero-order chi connectivity index (χ0) is 10.6. The number of hydrogen-bond donors (Lipinski definition) is 3. The normalized spacial score (nSPS) is 12.1.